The Morgan fingerprint density at radius 3 is 2.57 bits per heavy atom. The molecule has 0 aromatic heterocycles. The first kappa shape index (κ1) is 23.9. The second-order valence-electron chi connectivity index (χ2n) is 7.76. The smallest absolute Gasteiger partial charge is 0.393 e. The number of hydrogen-bond acceptors (Lipinski definition) is 4. The van der Waals surface area contributed by atoms with Gasteiger partial charge in [0.15, 0.2) is 0 Å². The first-order chi connectivity index (χ1) is 14.2. The van der Waals surface area contributed by atoms with E-state index in [-0.39, 0.29) is 41.7 Å². The zero-order valence-electron chi connectivity index (χ0n) is 17.1. The lowest BCUT2D eigenvalue weighted by Gasteiger charge is -2.32. The zero-order valence-corrected chi connectivity index (χ0v) is 17.1. The van der Waals surface area contributed by atoms with E-state index >= 15 is 0 Å². The molecular weight excluding hydrogens is 399 g/mol. The van der Waals surface area contributed by atoms with Gasteiger partial charge in [-0.05, 0) is 35.8 Å². The van der Waals surface area contributed by atoms with Gasteiger partial charge in [-0.25, -0.2) is 0 Å². The number of carbonyl (C=O) groups is 2. The van der Waals surface area contributed by atoms with Crippen LogP contribution in [0.2, 0.25) is 0 Å². The number of esters is 1. The fourth-order valence-electron chi connectivity index (χ4n) is 4.44. The van der Waals surface area contributed by atoms with Crippen molar-refractivity contribution in [3.63, 3.8) is 0 Å². The van der Waals surface area contributed by atoms with Gasteiger partial charge in [0.05, 0.1) is 18.9 Å². The molecule has 30 heavy (non-hydrogen) atoms. The minimum Gasteiger partial charge on any atom is -0.483 e. The first-order valence-electron chi connectivity index (χ1n) is 9.98. The quantitative estimate of drug-likeness (QED) is 0.438. The molecule has 0 bridgehead atoms. The highest BCUT2D eigenvalue weighted by Crippen LogP contribution is 2.40. The van der Waals surface area contributed by atoms with Crippen molar-refractivity contribution in [3.05, 3.63) is 47.5 Å². The van der Waals surface area contributed by atoms with Crippen LogP contribution in [0.4, 0.5) is 13.2 Å². The molecule has 166 valence electrons. The number of hydrogen-bond donors (Lipinski definition) is 1. The Balaban J connectivity index is 0.00000101. The molecular formula is C22H28F3NO4. The van der Waals surface area contributed by atoms with Crippen LogP contribution in [0.1, 0.15) is 25.0 Å². The van der Waals surface area contributed by atoms with Gasteiger partial charge in [0.2, 0.25) is 0 Å². The molecule has 5 nitrogen and oxygen atoms in total. The third-order valence-electron chi connectivity index (χ3n) is 5.54. The predicted molar refractivity (Wildman–Crippen MR) is 106 cm³/mol. The molecule has 0 radical (unpaired) electrons. The van der Waals surface area contributed by atoms with Gasteiger partial charge in [-0.2, -0.15) is 13.2 Å². The lowest BCUT2D eigenvalue weighted by molar-refractivity contribution is -0.152. The third kappa shape index (κ3) is 6.58. The molecule has 3 rings (SSSR count). The van der Waals surface area contributed by atoms with Crippen LogP contribution in [0.15, 0.2) is 36.4 Å². The Morgan fingerprint density at radius 1 is 1.27 bits per heavy atom. The van der Waals surface area contributed by atoms with Gasteiger partial charge >= 0.3 is 12.1 Å². The highest BCUT2D eigenvalue weighted by molar-refractivity contribution is 5.74. The summed E-state index contributed by atoms with van der Waals surface area (Å²) in [5.74, 6) is 0.330. The van der Waals surface area contributed by atoms with Crippen molar-refractivity contribution in [2.75, 3.05) is 19.7 Å². The lowest BCUT2D eigenvalue weighted by Crippen LogP contribution is -2.37. The summed E-state index contributed by atoms with van der Waals surface area (Å²) in [6, 6.07) is 6.70. The largest absolute Gasteiger partial charge is 0.483 e. The van der Waals surface area contributed by atoms with E-state index in [1.165, 1.54) is 6.07 Å². The summed E-state index contributed by atoms with van der Waals surface area (Å²) in [6.45, 7) is 6.14. The average molecular weight is 427 g/mol. The molecule has 1 saturated heterocycles. The minimum absolute atomic E-state index is 0.139. The molecule has 0 unspecified atom stereocenters. The normalized spacial score (nSPS) is 25.8. The van der Waals surface area contributed by atoms with Crippen molar-refractivity contribution in [3.8, 4) is 0 Å². The van der Waals surface area contributed by atoms with E-state index in [1.807, 2.05) is 19.9 Å². The zero-order chi connectivity index (χ0) is 22.3. The molecule has 0 amide bonds. The number of carboxylic acid groups (broad SMARTS) is 1. The van der Waals surface area contributed by atoms with Crippen molar-refractivity contribution < 1.29 is 32.6 Å². The maximum Gasteiger partial charge on any atom is 0.393 e. The second-order valence-corrected chi connectivity index (χ2v) is 7.76. The number of benzene rings is 1. The van der Waals surface area contributed by atoms with E-state index in [2.05, 4.69) is 17.1 Å². The van der Waals surface area contributed by atoms with Crippen molar-refractivity contribution >= 4 is 12.4 Å². The average Bonchev–Trinajstić information content (AvgIpc) is 3.03. The van der Waals surface area contributed by atoms with Crippen molar-refractivity contribution in [1.29, 1.82) is 0 Å². The molecule has 1 N–H and O–H groups in total. The summed E-state index contributed by atoms with van der Waals surface area (Å²) in [4.78, 5) is 23.0. The molecule has 2 aliphatic rings. The van der Waals surface area contributed by atoms with Crippen molar-refractivity contribution in [1.82, 2.24) is 4.90 Å². The minimum atomic E-state index is -4.20. The number of halogens is 3. The Labute approximate surface area is 174 Å². The van der Waals surface area contributed by atoms with Crippen LogP contribution in [-0.2, 0) is 27.3 Å². The second kappa shape index (κ2) is 10.6. The van der Waals surface area contributed by atoms with E-state index in [0.29, 0.717) is 13.2 Å². The van der Waals surface area contributed by atoms with Gasteiger partial charge in [-0.3, -0.25) is 14.5 Å². The van der Waals surface area contributed by atoms with Gasteiger partial charge in [0.25, 0.3) is 6.47 Å². The number of rotatable bonds is 5. The predicted octanol–water partition coefficient (Wildman–Crippen LogP) is 3.93. The lowest BCUT2D eigenvalue weighted by atomic mass is 9.72. The van der Waals surface area contributed by atoms with Gasteiger partial charge in [-0.15, -0.1) is 0 Å². The Kier molecular flexibility index (Phi) is 8.46. The first-order valence-corrected chi connectivity index (χ1v) is 9.98. The number of ether oxygens (including phenoxy) is 1. The Bertz CT molecular complexity index is 750. The molecule has 0 spiro atoms. The number of allylic oxidation sites excluding steroid dienone is 1. The van der Waals surface area contributed by atoms with E-state index in [4.69, 9.17) is 14.6 Å². The third-order valence-corrected chi connectivity index (χ3v) is 5.54. The fraction of sp³-hybridized carbons (Fsp3) is 0.545. The van der Waals surface area contributed by atoms with Crippen LogP contribution in [0.3, 0.4) is 0 Å². The monoisotopic (exact) mass is 427 g/mol. The molecule has 1 aromatic rings. The van der Waals surface area contributed by atoms with Gasteiger partial charge in [0, 0.05) is 19.6 Å². The Morgan fingerprint density at radius 2 is 1.93 bits per heavy atom. The summed E-state index contributed by atoms with van der Waals surface area (Å²) in [6.07, 6.45) is -0.826. The van der Waals surface area contributed by atoms with Gasteiger partial charge in [-0.1, -0.05) is 43.3 Å². The van der Waals surface area contributed by atoms with Crippen LogP contribution in [-0.4, -0.2) is 48.3 Å². The molecule has 1 aliphatic heterocycles. The standard InChI is InChI=1S/C21H26F3NO2.CH2O2/c1-3-27-20(26)19-14(2)7-8-17-12-25(13-18(17)19)11-16-6-4-5-15(9-16)10-21(22,23)24;2-1-3/h4-9,14,17-19H,3,10-13H2,1-2H3;1H,(H,2,3)/t14-,17-,18-,19-;/m0./s1. The van der Waals surface area contributed by atoms with Crippen LogP contribution in [0, 0.1) is 23.7 Å². The van der Waals surface area contributed by atoms with Crippen molar-refractivity contribution in [2.24, 2.45) is 23.7 Å². The van der Waals surface area contributed by atoms with Gasteiger partial charge < -0.3 is 9.84 Å². The molecule has 0 saturated carbocycles. The molecule has 1 aromatic carbocycles. The molecule has 1 heterocycles. The summed E-state index contributed by atoms with van der Waals surface area (Å²) in [5, 5.41) is 6.89. The number of alkyl halides is 3. The number of nitrogens with zero attached hydrogens (tertiary/aromatic N) is 1. The number of carbonyl (C=O) groups excluding carboxylic acids is 1. The maximum absolute atomic E-state index is 12.6. The topological polar surface area (TPSA) is 66.8 Å². The van der Waals surface area contributed by atoms with Crippen LogP contribution in [0.5, 0.6) is 0 Å². The van der Waals surface area contributed by atoms with Crippen LogP contribution < -0.4 is 0 Å². The van der Waals surface area contributed by atoms with Gasteiger partial charge in [0.1, 0.15) is 0 Å². The fourth-order valence-corrected chi connectivity index (χ4v) is 4.44. The Hall–Kier alpha value is -2.35. The van der Waals surface area contributed by atoms with Crippen molar-refractivity contribution in [2.45, 2.75) is 33.0 Å². The van der Waals surface area contributed by atoms with Crippen LogP contribution in [0.25, 0.3) is 0 Å². The molecule has 4 atom stereocenters. The van der Waals surface area contributed by atoms with E-state index in [9.17, 15) is 18.0 Å². The van der Waals surface area contributed by atoms with E-state index < -0.39 is 12.6 Å². The van der Waals surface area contributed by atoms with E-state index in [0.717, 1.165) is 18.7 Å². The molecule has 1 aliphatic carbocycles. The summed E-state index contributed by atoms with van der Waals surface area (Å²) in [5.41, 5.74) is 1.16. The number of fused-ring (bicyclic) bond motifs is 1. The van der Waals surface area contributed by atoms with Crippen LogP contribution >= 0.6 is 0 Å². The van der Waals surface area contributed by atoms with E-state index in [1.54, 1.807) is 12.1 Å². The highest BCUT2D eigenvalue weighted by Gasteiger charge is 2.44. The number of likely N-dealkylation sites (tertiary alicyclic amines) is 1. The highest BCUT2D eigenvalue weighted by atomic mass is 19.4. The molecule has 1 fully saturated rings. The summed E-state index contributed by atoms with van der Waals surface area (Å²) >= 11 is 0. The SMILES string of the molecule is CCOC(=O)[C@@H]1[C@H]2CN(Cc3cccc(CC(F)(F)F)c3)C[C@@H]2C=C[C@@H]1C.O=CO. The summed E-state index contributed by atoms with van der Waals surface area (Å²) < 4.78 is 43.2. The maximum atomic E-state index is 12.6. The summed E-state index contributed by atoms with van der Waals surface area (Å²) in [7, 11) is 0. The molecule has 8 heteroatoms.